The molecular formula is C17H17BrN4O4S2. The van der Waals surface area contributed by atoms with Gasteiger partial charge in [0.1, 0.15) is 35.5 Å². The maximum absolute atomic E-state index is 10.9. The van der Waals surface area contributed by atoms with Crippen LogP contribution in [0.15, 0.2) is 50.9 Å². The Morgan fingerprint density at radius 3 is 2.86 bits per heavy atom. The normalized spacial score (nSPS) is 27.8. The van der Waals surface area contributed by atoms with Crippen molar-refractivity contribution in [3.63, 3.8) is 0 Å². The summed E-state index contributed by atoms with van der Waals surface area (Å²) in [6, 6.07) is 2.96. The molecule has 148 valence electrons. The molecule has 0 aromatic carbocycles. The van der Waals surface area contributed by atoms with Crippen molar-refractivity contribution in [2.45, 2.75) is 34.7 Å². The van der Waals surface area contributed by atoms with Gasteiger partial charge in [0.15, 0.2) is 0 Å². The maximum atomic E-state index is 10.9. The van der Waals surface area contributed by atoms with E-state index in [0.717, 1.165) is 14.9 Å². The van der Waals surface area contributed by atoms with E-state index in [-0.39, 0.29) is 6.61 Å². The number of nitrogens with zero attached hydrogens (tertiary/aromatic N) is 4. The average Bonchev–Trinajstić information content (AvgIpc) is 3.36. The van der Waals surface area contributed by atoms with Crippen molar-refractivity contribution < 1.29 is 20.1 Å². The number of aliphatic hydroxyl groups is 3. The van der Waals surface area contributed by atoms with Crippen molar-refractivity contribution in [3.05, 3.63) is 46.0 Å². The van der Waals surface area contributed by atoms with Crippen LogP contribution in [0.3, 0.4) is 0 Å². The van der Waals surface area contributed by atoms with E-state index < -0.39 is 29.8 Å². The number of hydrogen-bond acceptors (Lipinski definition) is 9. The van der Waals surface area contributed by atoms with Gasteiger partial charge in [-0.25, -0.2) is 4.68 Å². The number of thioether (sulfide) groups is 1. The van der Waals surface area contributed by atoms with Crippen LogP contribution in [0.5, 0.6) is 0 Å². The van der Waals surface area contributed by atoms with Gasteiger partial charge in [-0.15, -0.1) is 5.10 Å². The second kappa shape index (κ2) is 8.57. The van der Waals surface area contributed by atoms with Gasteiger partial charge < -0.3 is 20.1 Å². The Bertz CT molecular complexity index is 926. The van der Waals surface area contributed by atoms with Gasteiger partial charge in [-0.3, -0.25) is 4.98 Å². The second-order valence-electron chi connectivity index (χ2n) is 6.25. The van der Waals surface area contributed by atoms with Crippen molar-refractivity contribution >= 4 is 39.0 Å². The summed E-state index contributed by atoms with van der Waals surface area (Å²) in [5.41, 5.74) is 0.834. The lowest BCUT2D eigenvalue weighted by Crippen LogP contribution is -2.55. The highest BCUT2D eigenvalue weighted by Crippen LogP contribution is 2.38. The van der Waals surface area contributed by atoms with E-state index in [1.807, 2.05) is 22.9 Å². The van der Waals surface area contributed by atoms with Crippen LogP contribution in [0.1, 0.15) is 6.04 Å². The topological polar surface area (TPSA) is 114 Å². The van der Waals surface area contributed by atoms with Crippen molar-refractivity contribution in [2.24, 2.45) is 0 Å². The Labute approximate surface area is 177 Å². The van der Waals surface area contributed by atoms with Crippen LogP contribution in [0.25, 0.3) is 11.3 Å². The average molecular weight is 485 g/mol. The fourth-order valence-corrected chi connectivity index (χ4v) is 5.28. The first-order valence-corrected chi connectivity index (χ1v) is 11.0. The molecule has 3 aromatic heterocycles. The molecule has 4 rings (SSSR count). The summed E-state index contributed by atoms with van der Waals surface area (Å²) in [6.07, 6.45) is 1.91. The molecule has 8 nitrogen and oxygen atoms in total. The van der Waals surface area contributed by atoms with E-state index in [4.69, 9.17) is 4.74 Å². The van der Waals surface area contributed by atoms with Crippen LogP contribution in [-0.4, -0.2) is 65.7 Å². The Kier molecular flexibility index (Phi) is 6.11. The van der Waals surface area contributed by atoms with Crippen molar-refractivity contribution in [3.8, 4) is 11.3 Å². The number of rotatable bonds is 5. The highest BCUT2D eigenvalue weighted by Gasteiger charge is 2.46. The minimum absolute atomic E-state index is 0.385. The van der Waals surface area contributed by atoms with Crippen LogP contribution >= 0.6 is 39.0 Å². The van der Waals surface area contributed by atoms with Crippen molar-refractivity contribution in [1.82, 2.24) is 20.0 Å². The number of aromatic nitrogens is 4. The summed E-state index contributed by atoms with van der Waals surface area (Å²) in [5, 5.41) is 43.4. The van der Waals surface area contributed by atoms with E-state index in [1.165, 1.54) is 16.4 Å². The Morgan fingerprint density at radius 1 is 1.29 bits per heavy atom. The Hall–Kier alpha value is -1.34. The van der Waals surface area contributed by atoms with Gasteiger partial charge in [0.25, 0.3) is 0 Å². The maximum Gasteiger partial charge on any atom is 0.136 e. The third-order valence-electron chi connectivity index (χ3n) is 4.41. The SMILES string of the molecule is OCC1OC(Sc2cncc(Br)c2)[C@@H](O)C(n2cc(-c3ccsc3)nn2)C1O. The lowest BCUT2D eigenvalue weighted by atomic mass is 9.97. The largest absolute Gasteiger partial charge is 0.394 e. The van der Waals surface area contributed by atoms with E-state index in [0.29, 0.717) is 5.69 Å². The highest BCUT2D eigenvalue weighted by atomic mass is 79.9. The molecule has 0 saturated carbocycles. The predicted molar refractivity (Wildman–Crippen MR) is 108 cm³/mol. The molecule has 0 bridgehead atoms. The zero-order valence-corrected chi connectivity index (χ0v) is 17.6. The first-order valence-electron chi connectivity index (χ1n) is 8.41. The van der Waals surface area contributed by atoms with Crippen molar-refractivity contribution in [2.75, 3.05) is 6.61 Å². The minimum atomic E-state index is -1.14. The molecule has 11 heteroatoms. The van der Waals surface area contributed by atoms with Crippen LogP contribution in [-0.2, 0) is 4.74 Å². The zero-order valence-electron chi connectivity index (χ0n) is 14.4. The molecule has 1 fully saturated rings. The van der Waals surface area contributed by atoms with Crippen LogP contribution < -0.4 is 0 Å². The summed E-state index contributed by atoms with van der Waals surface area (Å²) in [6.45, 7) is -0.385. The molecule has 4 heterocycles. The third kappa shape index (κ3) is 4.01. The van der Waals surface area contributed by atoms with Crippen LogP contribution in [0.2, 0.25) is 0 Å². The van der Waals surface area contributed by atoms with Gasteiger partial charge in [-0.2, -0.15) is 11.3 Å². The minimum Gasteiger partial charge on any atom is -0.394 e. The van der Waals surface area contributed by atoms with E-state index in [1.54, 1.807) is 29.9 Å². The van der Waals surface area contributed by atoms with Crippen molar-refractivity contribution in [1.29, 1.82) is 0 Å². The zero-order chi connectivity index (χ0) is 19.7. The van der Waals surface area contributed by atoms with Gasteiger partial charge in [-0.05, 0) is 33.4 Å². The van der Waals surface area contributed by atoms with Crippen LogP contribution in [0, 0.1) is 0 Å². The van der Waals surface area contributed by atoms with E-state index >= 15 is 0 Å². The van der Waals surface area contributed by atoms with Gasteiger partial charge in [0.2, 0.25) is 0 Å². The summed E-state index contributed by atoms with van der Waals surface area (Å²) in [5.74, 6) is 0. The van der Waals surface area contributed by atoms with E-state index in [2.05, 4.69) is 31.2 Å². The molecule has 0 amide bonds. The summed E-state index contributed by atoms with van der Waals surface area (Å²) in [4.78, 5) is 4.89. The number of pyridine rings is 1. The molecule has 0 radical (unpaired) electrons. The van der Waals surface area contributed by atoms with E-state index in [9.17, 15) is 15.3 Å². The molecule has 1 saturated heterocycles. The number of aliphatic hydroxyl groups excluding tert-OH is 3. The molecule has 28 heavy (non-hydrogen) atoms. The predicted octanol–water partition coefficient (Wildman–Crippen LogP) is 1.94. The molecule has 0 spiro atoms. The van der Waals surface area contributed by atoms with Gasteiger partial charge in [0, 0.05) is 32.7 Å². The van der Waals surface area contributed by atoms with Gasteiger partial charge >= 0.3 is 0 Å². The smallest absolute Gasteiger partial charge is 0.136 e. The molecule has 0 aliphatic carbocycles. The molecule has 4 unspecified atom stereocenters. The molecule has 1 aliphatic heterocycles. The first-order chi connectivity index (χ1) is 13.6. The standard InChI is InChI=1S/C17H17BrN4O4S2/c18-10-3-11(5-19-4-10)28-17-16(25)14(15(24)13(7-23)26-17)22-6-12(20-21-22)9-1-2-27-8-9/h1-6,8,13-17,23-25H,7H2/t13?,14?,15?,16-,17?/m0/s1. The molecule has 3 aromatic rings. The molecule has 1 aliphatic rings. The first kappa shape index (κ1) is 20.0. The highest BCUT2D eigenvalue weighted by molar-refractivity contribution is 9.10. The fraction of sp³-hybridized carbons (Fsp3) is 0.353. The van der Waals surface area contributed by atoms with Gasteiger partial charge in [0.05, 0.1) is 12.8 Å². The number of ether oxygens (including phenoxy) is 1. The Morgan fingerprint density at radius 2 is 2.14 bits per heavy atom. The lowest BCUT2D eigenvalue weighted by molar-refractivity contribution is -0.178. The number of hydrogen-bond donors (Lipinski definition) is 3. The third-order valence-corrected chi connectivity index (χ3v) is 6.65. The fourth-order valence-electron chi connectivity index (χ4n) is 3.03. The quantitative estimate of drug-likeness (QED) is 0.503. The summed E-state index contributed by atoms with van der Waals surface area (Å²) < 4.78 is 7.99. The number of halogens is 1. The number of thiophene rings is 1. The monoisotopic (exact) mass is 484 g/mol. The molecule has 5 atom stereocenters. The molecular weight excluding hydrogens is 468 g/mol. The van der Waals surface area contributed by atoms with Crippen LogP contribution in [0.4, 0.5) is 0 Å². The van der Waals surface area contributed by atoms with Gasteiger partial charge in [-0.1, -0.05) is 17.0 Å². The summed E-state index contributed by atoms with van der Waals surface area (Å²) >= 11 is 6.18. The summed E-state index contributed by atoms with van der Waals surface area (Å²) in [7, 11) is 0. The molecule has 3 N–H and O–H groups in total. The lowest BCUT2D eigenvalue weighted by Gasteiger charge is -2.41. The second-order valence-corrected chi connectivity index (χ2v) is 9.12. The Balaban J connectivity index is 1.61.